The zero-order chi connectivity index (χ0) is 12.5. The number of anilines is 1. The SMILES string of the molecule is Cc1c(C(=O)OC(C)(C)C)ccc(O)c1N. The molecule has 0 aliphatic heterocycles. The summed E-state index contributed by atoms with van der Waals surface area (Å²) < 4.78 is 5.22. The van der Waals surface area contributed by atoms with Gasteiger partial charge in [-0.25, -0.2) is 4.79 Å². The predicted molar refractivity (Wildman–Crippen MR) is 62.4 cm³/mol. The minimum absolute atomic E-state index is 0.0233. The molecule has 4 heteroatoms. The van der Waals surface area contributed by atoms with Crippen LogP contribution in [0.25, 0.3) is 0 Å². The predicted octanol–water partition coefficient (Wildman–Crippen LogP) is 2.24. The molecule has 0 heterocycles. The van der Waals surface area contributed by atoms with E-state index >= 15 is 0 Å². The minimum Gasteiger partial charge on any atom is -0.506 e. The molecule has 1 aromatic rings. The Morgan fingerprint density at radius 2 is 1.94 bits per heavy atom. The second-order valence-corrected chi connectivity index (χ2v) is 4.67. The van der Waals surface area contributed by atoms with Crippen LogP contribution in [0.5, 0.6) is 5.75 Å². The van der Waals surface area contributed by atoms with Crippen molar-refractivity contribution in [2.75, 3.05) is 5.73 Å². The first-order valence-electron chi connectivity index (χ1n) is 5.04. The zero-order valence-electron chi connectivity index (χ0n) is 10.00. The second-order valence-electron chi connectivity index (χ2n) is 4.67. The monoisotopic (exact) mass is 223 g/mol. The molecule has 0 radical (unpaired) electrons. The molecule has 0 atom stereocenters. The van der Waals surface area contributed by atoms with Crippen LogP contribution in [0, 0.1) is 6.92 Å². The lowest BCUT2D eigenvalue weighted by molar-refractivity contribution is 0.00688. The fraction of sp³-hybridized carbons (Fsp3) is 0.417. The van der Waals surface area contributed by atoms with Crippen molar-refractivity contribution < 1.29 is 14.6 Å². The maximum absolute atomic E-state index is 11.8. The molecule has 0 amide bonds. The number of hydrogen-bond acceptors (Lipinski definition) is 4. The standard InChI is InChI=1S/C12H17NO3/c1-7-8(5-6-9(14)10(7)13)11(15)16-12(2,3)4/h5-6,14H,13H2,1-4H3. The van der Waals surface area contributed by atoms with E-state index in [1.165, 1.54) is 12.1 Å². The Balaban J connectivity index is 3.06. The number of nitrogen functional groups attached to an aromatic ring is 1. The minimum atomic E-state index is -0.545. The number of aromatic hydroxyl groups is 1. The van der Waals surface area contributed by atoms with E-state index in [0.717, 1.165) is 0 Å². The van der Waals surface area contributed by atoms with Gasteiger partial charge in [-0.3, -0.25) is 0 Å². The third-order valence-corrected chi connectivity index (χ3v) is 2.11. The highest BCUT2D eigenvalue weighted by Gasteiger charge is 2.20. The van der Waals surface area contributed by atoms with Crippen LogP contribution in [0.4, 0.5) is 5.69 Å². The summed E-state index contributed by atoms with van der Waals surface area (Å²) in [7, 11) is 0. The Morgan fingerprint density at radius 1 is 1.38 bits per heavy atom. The molecule has 0 fully saturated rings. The van der Waals surface area contributed by atoms with Gasteiger partial charge in [0.1, 0.15) is 11.4 Å². The number of phenols is 1. The Morgan fingerprint density at radius 3 is 2.44 bits per heavy atom. The summed E-state index contributed by atoms with van der Waals surface area (Å²) in [4.78, 5) is 11.8. The summed E-state index contributed by atoms with van der Waals surface area (Å²) in [5.74, 6) is -0.457. The number of ether oxygens (including phenoxy) is 1. The molecule has 4 nitrogen and oxygen atoms in total. The molecule has 0 aliphatic rings. The van der Waals surface area contributed by atoms with Crippen molar-refractivity contribution in [2.45, 2.75) is 33.3 Å². The van der Waals surface area contributed by atoms with Crippen molar-refractivity contribution in [3.63, 3.8) is 0 Å². The fourth-order valence-corrected chi connectivity index (χ4v) is 1.27. The van der Waals surface area contributed by atoms with E-state index in [1.54, 1.807) is 27.7 Å². The quantitative estimate of drug-likeness (QED) is 0.435. The number of benzene rings is 1. The van der Waals surface area contributed by atoms with Crippen molar-refractivity contribution in [3.8, 4) is 5.75 Å². The molecule has 0 aromatic heterocycles. The summed E-state index contributed by atoms with van der Waals surface area (Å²) >= 11 is 0. The Labute approximate surface area is 95.0 Å². The number of phenolic OH excluding ortho intramolecular Hbond substituents is 1. The molecule has 0 saturated heterocycles. The zero-order valence-corrected chi connectivity index (χ0v) is 10.00. The highest BCUT2D eigenvalue weighted by molar-refractivity contribution is 5.93. The molecule has 16 heavy (non-hydrogen) atoms. The molecule has 3 N–H and O–H groups in total. The Kier molecular flexibility index (Phi) is 3.12. The van der Waals surface area contributed by atoms with Gasteiger partial charge in [-0.1, -0.05) is 0 Å². The normalized spacial score (nSPS) is 11.2. The fourth-order valence-electron chi connectivity index (χ4n) is 1.27. The van der Waals surface area contributed by atoms with E-state index in [9.17, 15) is 9.90 Å². The van der Waals surface area contributed by atoms with Crippen LogP contribution in [-0.4, -0.2) is 16.7 Å². The number of hydrogen-bond donors (Lipinski definition) is 2. The number of carbonyl (C=O) groups excluding carboxylic acids is 1. The van der Waals surface area contributed by atoms with Gasteiger partial charge in [0.15, 0.2) is 0 Å². The molecule has 0 unspecified atom stereocenters. The van der Waals surface area contributed by atoms with Crippen molar-refractivity contribution in [2.24, 2.45) is 0 Å². The van der Waals surface area contributed by atoms with Crippen LogP contribution in [0.15, 0.2) is 12.1 Å². The van der Waals surface area contributed by atoms with Gasteiger partial charge in [-0.05, 0) is 45.4 Å². The van der Waals surface area contributed by atoms with Crippen molar-refractivity contribution in [1.29, 1.82) is 0 Å². The first kappa shape index (κ1) is 12.4. The van der Waals surface area contributed by atoms with Gasteiger partial charge in [-0.2, -0.15) is 0 Å². The Bertz CT molecular complexity index is 419. The maximum atomic E-state index is 11.8. The molecular formula is C12H17NO3. The van der Waals surface area contributed by atoms with Crippen LogP contribution in [0.1, 0.15) is 36.7 Å². The molecule has 0 bridgehead atoms. The molecular weight excluding hydrogens is 206 g/mol. The van der Waals surface area contributed by atoms with E-state index in [0.29, 0.717) is 11.1 Å². The third-order valence-electron chi connectivity index (χ3n) is 2.11. The number of nitrogens with two attached hydrogens (primary N) is 1. The lowest BCUT2D eigenvalue weighted by Gasteiger charge is -2.20. The van der Waals surface area contributed by atoms with Crippen LogP contribution < -0.4 is 5.73 Å². The molecule has 1 aromatic carbocycles. The van der Waals surface area contributed by atoms with Crippen molar-refractivity contribution in [1.82, 2.24) is 0 Å². The van der Waals surface area contributed by atoms with Gasteiger partial charge in [0.05, 0.1) is 11.3 Å². The van der Waals surface area contributed by atoms with Crippen LogP contribution in [0.3, 0.4) is 0 Å². The van der Waals surface area contributed by atoms with Gasteiger partial charge >= 0.3 is 5.97 Å². The highest BCUT2D eigenvalue weighted by Crippen LogP contribution is 2.27. The average Bonchev–Trinajstić information content (AvgIpc) is 2.11. The topological polar surface area (TPSA) is 72.5 Å². The summed E-state index contributed by atoms with van der Waals surface area (Å²) in [6.45, 7) is 7.06. The van der Waals surface area contributed by atoms with Gasteiger partial charge in [-0.15, -0.1) is 0 Å². The van der Waals surface area contributed by atoms with Gasteiger partial charge in [0.25, 0.3) is 0 Å². The molecule has 0 spiro atoms. The first-order valence-corrected chi connectivity index (χ1v) is 5.04. The number of carbonyl (C=O) groups is 1. The average molecular weight is 223 g/mol. The van der Waals surface area contributed by atoms with E-state index in [1.807, 2.05) is 0 Å². The third kappa shape index (κ3) is 2.66. The van der Waals surface area contributed by atoms with E-state index in [2.05, 4.69) is 0 Å². The lowest BCUT2D eigenvalue weighted by Crippen LogP contribution is -2.24. The first-order chi connectivity index (χ1) is 7.22. The van der Waals surface area contributed by atoms with Crippen LogP contribution in [0.2, 0.25) is 0 Å². The number of rotatable bonds is 1. The highest BCUT2D eigenvalue weighted by atomic mass is 16.6. The molecule has 0 aliphatic carbocycles. The van der Waals surface area contributed by atoms with Gasteiger partial charge in [0.2, 0.25) is 0 Å². The largest absolute Gasteiger partial charge is 0.506 e. The van der Waals surface area contributed by atoms with E-state index in [-0.39, 0.29) is 11.4 Å². The molecule has 88 valence electrons. The smallest absolute Gasteiger partial charge is 0.338 e. The van der Waals surface area contributed by atoms with Crippen molar-refractivity contribution >= 4 is 11.7 Å². The van der Waals surface area contributed by atoms with E-state index in [4.69, 9.17) is 10.5 Å². The summed E-state index contributed by atoms with van der Waals surface area (Å²) in [5, 5.41) is 9.36. The summed E-state index contributed by atoms with van der Waals surface area (Å²) in [6, 6.07) is 2.90. The molecule has 1 rings (SSSR count). The second kappa shape index (κ2) is 4.04. The summed E-state index contributed by atoms with van der Waals surface area (Å²) in [6.07, 6.45) is 0. The van der Waals surface area contributed by atoms with Gasteiger partial charge < -0.3 is 15.6 Å². The number of esters is 1. The maximum Gasteiger partial charge on any atom is 0.338 e. The van der Waals surface area contributed by atoms with Gasteiger partial charge in [0, 0.05) is 0 Å². The van der Waals surface area contributed by atoms with Crippen LogP contribution in [-0.2, 0) is 4.74 Å². The van der Waals surface area contributed by atoms with E-state index < -0.39 is 11.6 Å². The lowest BCUT2D eigenvalue weighted by atomic mass is 10.1. The van der Waals surface area contributed by atoms with Crippen molar-refractivity contribution in [3.05, 3.63) is 23.3 Å². The summed E-state index contributed by atoms with van der Waals surface area (Å²) in [5.41, 5.74) is 6.21. The Hall–Kier alpha value is -1.71. The van der Waals surface area contributed by atoms with Crippen LogP contribution >= 0.6 is 0 Å². The molecule has 0 saturated carbocycles.